The van der Waals surface area contributed by atoms with Gasteiger partial charge in [-0.25, -0.2) is 14.0 Å². The van der Waals surface area contributed by atoms with Crippen molar-refractivity contribution in [3.05, 3.63) is 29.6 Å². The molecule has 34 heavy (non-hydrogen) atoms. The van der Waals surface area contributed by atoms with Gasteiger partial charge in [-0.2, -0.15) is 0 Å². The lowest BCUT2D eigenvalue weighted by atomic mass is 9.83. The second kappa shape index (κ2) is 12.0. The zero-order chi connectivity index (χ0) is 24.7. The third-order valence-electron chi connectivity index (χ3n) is 6.06. The first kappa shape index (κ1) is 25.8. The Morgan fingerprint density at radius 1 is 1.09 bits per heavy atom. The maximum atomic E-state index is 14.5. The standard InChI is InChI=1S/C25H37FN4O4/c1-16(2)27-24(31)28-23-10-7-19(15-22(23)26)18-5-8-20(9-6-18)29-34-21-11-13-30(14-12-21)25(32)33-17(3)4/h7,10,15-18,21H,5-6,8-9,11-14H2,1-4H3,(H2,27,28,31). The first-order valence-corrected chi connectivity index (χ1v) is 12.2. The Morgan fingerprint density at radius 2 is 1.76 bits per heavy atom. The molecule has 1 heterocycles. The Labute approximate surface area is 201 Å². The smallest absolute Gasteiger partial charge is 0.410 e. The van der Waals surface area contributed by atoms with Gasteiger partial charge in [0, 0.05) is 32.0 Å². The molecule has 1 aliphatic heterocycles. The molecular formula is C25H37FN4O4. The first-order valence-electron chi connectivity index (χ1n) is 12.2. The molecular weight excluding hydrogens is 439 g/mol. The van der Waals surface area contributed by atoms with Crippen LogP contribution in [0.5, 0.6) is 0 Å². The molecule has 1 saturated heterocycles. The van der Waals surface area contributed by atoms with Crippen LogP contribution in [0.25, 0.3) is 0 Å². The third-order valence-corrected chi connectivity index (χ3v) is 6.06. The molecule has 2 fully saturated rings. The number of nitrogens with zero attached hydrogens (tertiary/aromatic N) is 2. The molecule has 0 radical (unpaired) electrons. The fraction of sp³-hybridized carbons (Fsp3) is 0.640. The number of hydrogen-bond acceptors (Lipinski definition) is 5. The minimum Gasteiger partial charge on any atom is -0.447 e. The summed E-state index contributed by atoms with van der Waals surface area (Å²) in [6.45, 7) is 8.60. The number of amides is 3. The van der Waals surface area contributed by atoms with Gasteiger partial charge in [-0.05, 0) is 77.0 Å². The molecule has 3 rings (SSSR count). The molecule has 1 saturated carbocycles. The van der Waals surface area contributed by atoms with E-state index in [-0.39, 0.29) is 35.9 Å². The Kier molecular flexibility index (Phi) is 9.12. The van der Waals surface area contributed by atoms with Gasteiger partial charge >= 0.3 is 12.1 Å². The normalized spacial score (nSPS) is 19.2. The van der Waals surface area contributed by atoms with Gasteiger partial charge in [0.05, 0.1) is 17.5 Å². The zero-order valence-electron chi connectivity index (χ0n) is 20.6. The van der Waals surface area contributed by atoms with Crippen molar-refractivity contribution in [2.75, 3.05) is 18.4 Å². The average molecular weight is 477 g/mol. The quantitative estimate of drug-likeness (QED) is 0.538. The predicted octanol–water partition coefficient (Wildman–Crippen LogP) is 5.40. The van der Waals surface area contributed by atoms with Crippen LogP contribution in [0.4, 0.5) is 19.7 Å². The van der Waals surface area contributed by atoms with Crippen LogP contribution in [0.2, 0.25) is 0 Å². The van der Waals surface area contributed by atoms with Gasteiger partial charge < -0.3 is 25.1 Å². The van der Waals surface area contributed by atoms with Crippen LogP contribution in [0.15, 0.2) is 23.4 Å². The summed E-state index contributed by atoms with van der Waals surface area (Å²) in [5.74, 6) is -0.176. The van der Waals surface area contributed by atoms with Gasteiger partial charge in [0.15, 0.2) is 0 Å². The second-order valence-electron chi connectivity index (χ2n) is 9.65. The molecule has 0 aromatic heterocycles. The molecule has 0 atom stereocenters. The Morgan fingerprint density at radius 3 is 2.35 bits per heavy atom. The van der Waals surface area contributed by atoms with E-state index in [0.717, 1.165) is 49.8 Å². The number of halogens is 1. The van der Waals surface area contributed by atoms with Crippen molar-refractivity contribution in [3.8, 4) is 0 Å². The molecule has 2 aliphatic rings. The molecule has 0 bridgehead atoms. The van der Waals surface area contributed by atoms with E-state index in [1.807, 2.05) is 33.8 Å². The van der Waals surface area contributed by atoms with E-state index in [1.165, 1.54) is 6.07 Å². The number of ether oxygens (including phenoxy) is 1. The van der Waals surface area contributed by atoms with Crippen LogP contribution in [-0.2, 0) is 9.57 Å². The summed E-state index contributed by atoms with van der Waals surface area (Å²) in [7, 11) is 0. The number of nitrogens with one attached hydrogen (secondary N) is 2. The number of carbonyl (C=O) groups is 2. The van der Waals surface area contributed by atoms with Gasteiger partial charge in [-0.1, -0.05) is 11.2 Å². The Bertz CT molecular complexity index is 872. The van der Waals surface area contributed by atoms with Crippen LogP contribution in [-0.4, -0.2) is 54.1 Å². The van der Waals surface area contributed by atoms with Gasteiger partial charge in [-0.3, -0.25) is 0 Å². The summed E-state index contributed by atoms with van der Waals surface area (Å²) < 4.78 is 19.8. The minimum atomic E-state index is -0.428. The molecule has 0 unspecified atom stereocenters. The largest absolute Gasteiger partial charge is 0.447 e. The van der Waals surface area contributed by atoms with Crippen molar-refractivity contribution in [2.45, 2.75) is 90.4 Å². The van der Waals surface area contributed by atoms with E-state index in [2.05, 4.69) is 15.8 Å². The summed E-state index contributed by atoms with van der Waals surface area (Å²) in [5, 5.41) is 9.63. The van der Waals surface area contributed by atoms with Crippen LogP contribution < -0.4 is 10.6 Å². The predicted molar refractivity (Wildman–Crippen MR) is 130 cm³/mol. The number of hydrogen-bond donors (Lipinski definition) is 2. The van der Waals surface area contributed by atoms with E-state index < -0.39 is 11.8 Å². The van der Waals surface area contributed by atoms with Crippen molar-refractivity contribution >= 4 is 23.5 Å². The average Bonchev–Trinajstić information content (AvgIpc) is 2.79. The first-order chi connectivity index (χ1) is 16.2. The van der Waals surface area contributed by atoms with E-state index in [4.69, 9.17) is 9.57 Å². The van der Waals surface area contributed by atoms with Crippen LogP contribution in [0, 0.1) is 5.82 Å². The third kappa shape index (κ3) is 7.60. The maximum absolute atomic E-state index is 14.5. The van der Waals surface area contributed by atoms with E-state index in [9.17, 15) is 14.0 Å². The molecule has 1 aromatic rings. The van der Waals surface area contributed by atoms with Crippen molar-refractivity contribution in [3.63, 3.8) is 0 Å². The summed E-state index contributed by atoms with van der Waals surface area (Å²) in [5.41, 5.74) is 2.15. The number of oxime groups is 1. The molecule has 9 heteroatoms. The van der Waals surface area contributed by atoms with Gasteiger partial charge in [0.2, 0.25) is 0 Å². The maximum Gasteiger partial charge on any atom is 0.410 e. The number of anilines is 1. The number of piperidine rings is 1. The van der Waals surface area contributed by atoms with Gasteiger partial charge in [0.25, 0.3) is 0 Å². The fourth-order valence-electron chi connectivity index (χ4n) is 4.25. The number of likely N-dealkylation sites (tertiary alicyclic amines) is 1. The monoisotopic (exact) mass is 476 g/mol. The highest BCUT2D eigenvalue weighted by molar-refractivity contribution is 5.89. The molecule has 3 amide bonds. The molecule has 0 spiro atoms. The van der Waals surface area contributed by atoms with Crippen LogP contribution in [0.3, 0.4) is 0 Å². The minimum absolute atomic E-state index is 0.00959. The van der Waals surface area contributed by atoms with Crippen molar-refractivity contribution in [2.24, 2.45) is 5.16 Å². The Balaban J connectivity index is 1.43. The Hall–Kier alpha value is -2.84. The lowest BCUT2D eigenvalue weighted by molar-refractivity contribution is 0.00403. The van der Waals surface area contributed by atoms with E-state index >= 15 is 0 Å². The summed E-state index contributed by atoms with van der Waals surface area (Å²) in [4.78, 5) is 31.3. The highest BCUT2D eigenvalue weighted by Crippen LogP contribution is 2.33. The topological polar surface area (TPSA) is 92.3 Å². The highest BCUT2D eigenvalue weighted by atomic mass is 19.1. The van der Waals surface area contributed by atoms with Crippen molar-refractivity contribution in [1.82, 2.24) is 10.2 Å². The van der Waals surface area contributed by atoms with Gasteiger partial charge in [0.1, 0.15) is 11.9 Å². The lowest BCUT2D eigenvalue weighted by Crippen LogP contribution is -2.41. The van der Waals surface area contributed by atoms with Gasteiger partial charge in [-0.15, -0.1) is 0 Å². The molecule has 1 aliphatic carbocycles. The molecule has 188 valence electrons. The number of carbonyl (C=O) groups excluding carboxylic acids is 2. The van der Waals surface area contributed by atoms with Crippen LogP contribution >= 0.6 is 0 Å². The summed E-state index contributed by atoms with van der Waals surface area (Å²) in [6, 6.07) is 4.59. The van der Waals surface area contributed by atoms with Crippen molar-refractivity contribution < 1.29 is 23.6 Å². The zero-order valence-corrected chi connectivity index (χ0v) is 20.6. The number of rotatable bonds is 6. The number of benzene rings is 1. The lowest BCUT2D eigenvalue weighted by Gasteiger charge is -2.31. The fourth-order valence-corrected chi connectivity index (χ4v) is 4.25. The number of urea groups is 1. The summed E-state index contributed by atoms with van der Waals surface area (Å²) in [6.07, 6.45) is 4.47. The summed E-state index contributed by atoms with van der Waals surface area (Å²) >= 11 is 0. The van der Waals surface area contributed by atoms with Crippen molar-refractivity contribution in [1.29, 1.82) is 0 Å². The highest BCUT2D eigenvalue weighted by Gasteiger charge is 2.26. The molecule has 1 aromatic carbocycles. The van der Waals surface area contributed by atoms with E-state index in [1.54, 1.807) is 11.0 Å². The second-order valence-corrected chi connectivity index (χ2v) is 9.65. The SMILES string of the molecule is CC(C)NC(=O)Nc1ccc(C2CCC(=NOC3CCN(C(=O)OC(C)C)CC3)CC2)cc1F. The molecule has 2 N–H and O–H groups in total. The molecule has 8 nitrogen and oxygen atoms in total. The van der Waals surface area contributed by atoms with E-state index in [0.29, 0.717) is 13.1 Å². The van der Waals surface area contributed by atoms with Crippen LogP contribution in [0.1, 0.15) is 77.7 Å².